The first-order valence-electron chi connectivity index (χ1n) is 6.84. The Morgan fingerprint density at radius 1 is 1.24 bits per heavy atom. The smallest absolute Gasteiger partial charge is 0.251 e. The number of amides is 1. The van der Waals surface area contributed by atoms with Gasteiger partial charge in [-0.05, 0) is 53.4 Å². The number of carbonyl (C=O) groups is 1. The first kappa shape index (κ1) is 18.1. The Bertz CT molecular complexity index is 617. The number of rotatable bonds is 6. The van der Waals surface area contributed by atoms with Crippen LogP contribution >= 0.6 is 15.9 Å². The van der Waals surface area contributed by atoms with Crippen LogP contribution < -0.4 is 10.5 Å². The summed E-state index contributed by atoms with van der Waals surface area (Å²) in [6.07, 6.45) is 2.43. The molecule has 0 heterocycles. The maximum Gasteiger partial charge on any atom is 0.251 e. The highest BCUT2D eigenvalue weighted by molar-refractivity contribution is 9.10. The second-order valence-electron chi connectivity index (χ2n) is 4.99. The van der Waals surface area contributed by atoms with E-state index in [0.29, 0.717) is 4.47 Å². The molecule has 0 aromatic heterocycles. The Kier molecular flexibility index (Phi) is 5.95. The van der Waals surface area contributed by atoms with Crippen molar-refractivity contribution in [3.05, 3.63) is 28.2 Å². The number of hydrogen-bond acceptors (Lipinski definition) is 3. The number of nitrogens with two attached hydrogens (primary N) is 1. The lowest BCUT2D eigenvalue weighted by atomic mass is 9.89. The van der Waals surface area contributed by atoms with Crippen LogP contribution in [0.25, 0.3) is 0 Å². The fourth-order valence-electron chi connectivity index (χ4n) is 2.19. The zero-order valence-electron chi connectivity index (χ0n) is 12.4. The molecule has 0 bridgehead atoms. The van der Waals surface area contributed by atoms with E-state index in [4.69, 9.17) is 5.14 Å². The van der Waals surface area contributed by atoms with Crippen LogP contribution in [0.5, 0.6) is 0 Å². The molecular formula is C14H21BrN2O3S. The summed E-state index contributed by atoms with van der Waals surface area (Å²) >= 11 is 3.13. The monoisotopic (exact) mass is 376 g/mol. The van der Waals surface area contributed by atoms with Gasteiger partial charge in [0.15, 0.2) is 0 Å². The van der Waals surface area contributed by atoms with E-state index >= 15 is 0 Å². The summed E-state index contributed by atoms with van der Waals surface area (Å²) in [5.41, 5.74) is 0.00767. The Morgan fingerprint density at radius 2 is 1.76 bits per heavy atom. The summed E-state index contributed by atoms with van der Waals surface area (Å²) in [7, 11) is -3.88. The van der Waals surface area contributed by atoms with E-state index < -0.39 is 10.0 Å². The largest absolute Gasteiger partial charge is 0.347 e. The first-order valence-corrected chi connectivity index (χ1v) is 9.18. The number of hydrogen-bond donors (Lipinski definition) is 2. The lowest BCUT2D eigenvalue weighted by Gasteiger charge is -2.31. The van der Waals surface area contributed by atoms with Crippen molar-refractivity contribution >= 4 is 31.9 Å². The molecule has 0 aliphatic carbocycles. The summed E-state index contributed by atoms with van der Waals surface area (Å²) in [4.78, 5) is 12.3. The van der Waals surface area contributed by atoms with E-state index in [2.05, 4.69) is 21.2 Å². The molecular weight excluding hydrogens is 356 g/mol. The summed E-state index contributed by atoms with van der Waals surface area (Å²) in [5.74, 6) is -0.294. The van der Waals surface area contributed by atoms with Crippen molar-refractivity contribution in [3.8, 4) is 0 Å². The molecule has 5 nitrogen and oxygen atoms in total. The van der Waals surface area contributed by atoms with Crippen molar-refractivity contribution in [2.24, 2.45) is 5.14 Å². The second kappa shape index (κ2) is 6.89. The quantitative estimate of drug-likeness (QED) is 0.799. The zero-order chi connectivity index (χ0) is 16.3. The standard InChI is InChI=1S/C14H21BrN2O3S/c1-4-14(5-2,6-3)17-13(18)10-7-8-11(15)12(9-10)21(16,19)20/h7-9H,4-6H2,1-3H3,(H,17,18)(H2,16,19,20). The molecule has 0 aliphatic rings. The topological polar surface area (TPSA) is 89.3 Å². The molecule has 0 atom stereocenters. The maximum atomic E-state index is 12.4. The normalized spacial score (nSPS) is 12.2. The minimum atomic E-state index is -3.88. The molecule has 7 heteroatoms. The molecule has 21 heavy (non-hydrogen) atoms. The van der Waals surface area contributed by atoms with Crippen molar-refractivity contribution < 1.29 is 13.2 Å². The molecule has 0 radical (unpaired) electrons. The Balaban J connectivity index is 3.15. The van der Waals surface area contributed by atoms with Crippen molar-refractivity contribution in [3.63, 3.8) is 0 Å². The third-order valence-corrected chi connectivity index (χ3v) is 5.81. The van der Waals surface area contributed by atoms with Crippen molar-refractivity contribution in [2.75, 3.05) is 0 Å². The molecule has 0 saturated heterocycles. The number of benzene rings is 1. The molecule has 1 rings (SSSR count). The molecule has 0 saturated carbocycles. The fraction of sp³-hybridized carbons (Fsp3) is 0.500. The zero-order valence-corrected chi connectivity index (χ0v) is 14.8. The maximum absolute atomic E-state index is 12.4. The van der Waals surface area contributed by atoms with Gasteiger partial charge in [0.2, 0.25) is 10.0 Å². The minimum Gasteiger partial charge on any atom is -0.347 e. The molecule has 1 aromatic carbocycles. The third kappa shape index (κ3) is 4.28. The van der Waals surface area contributed by atoms with Gasteiger partial charge >= 0.3 is 0 Å². The fourth-order valence-corrected chi connectivity index (χ4v) is 3.75. The highest BCUT2D eigenvalue weighted by atomic mass is 79.9. The van der Waals surface area contributed by atoms with Crippen molar-refractivity contribution in [1.82, 2.24) is 5.32 Å². The molecule has 1 aromatic rings. The number of carbonyl (C=O) groups excluding carboxylic acids is 1. The molecule has 0 fully saturated rings. The number of primary sulfonamides is 1. The number of nitrogens with one attached hydrogen (secondary N) is 1. The van der Waals surface area contributed by atoms with Gasteiger partial charge in [-0.3, -0.25) is 4.79 Å². The minimum absolute atomic E-state index is 0.0924. The molecule has 118 valence electrons. The van der Waals surface area contributed by atoms with Crippen LogP contribution in [0, 0.1) is 0 Å². The highest BCUT2D eigenvalue weighted by Crippen LogP contribution is 2.24. The second-order valence-corrected chi connectivity index (χ2v) is 7.37. The lowest BCUT2D eigenvalue weighted by molar-refractivity contribution is 0.0888. The van der Waals surface area contributed by atoms with Gasteiger partial charge < -0.3 is 5.32 Å². The van der Waals surface area contributed by atoms with Gasteiger partial charge in [-0.2, -0.15) is 0 Å². The molecule has 0 aliphatic heterocycles. The van der Waals surface area contributed by atoms with Crippen molar-refractivity contribution in [1.29, 1.82) is 0 Å². The van der Waals surface area contributed by atoms with Crippen LogP contribution in [0.15, 0.2) is 27.6 Å². The molecule has 3 N–H and O–H groups in total. The molecule has 0 unspecified atom stereocenters. The van der Waals surface area contributed by atoms with Gasteiger partial charge in [-0.15, -0.1) is 0 Å². The Hall–Kier alpha value is -0.920. The van der Waals surface area contributed by atoms with Crippen LogP contribution in [0.2, 0.25) is 0 Å². The average molecular weight is 377 g/mol. The van der Waals surface area contributed by atoms with E-state index in [1.807, 2.05) is 20.8 Å². The van der Waals surface area contributed by atoms with E-state index in [1.165, 1.54) is 12.1 Å². The summed E-state index contributed by atoms with van der Waals surface area (Å²) in [6, 6.07) is 4.38. The van der Waals surface area contributed by atoms with Gasteiger partial charge in [-0.25, -0.2) is 13.6 Å². The van der Waals surface area contributed by atoms with Gasteiger partial charge in [0, 0.05) is 15.6 Å². The predicted octanol–water partition coefficient (Wildman–Crippen LogP) is 2.80. The van der Waals surface area contributed by atoms with Crippen LogP contribution in [-0.2, 0) is 10.0 Å². The van der Waals surface area contributed by atoms with Gasteiger partial charge in [-0.1, -0.05) is 20.8 Å². The van der Waals surface area contributed by atoms with Gasteiger partial charge in [0.1, 0.15) is 0 Å². The number of halogens is 1. The highest BCUT2D eigenvalue weighted by Gasteiger charge is 2.27. The first-order chi connectivity index (χ1) is 9.69. The molecule has 0 spiro atoms. The van der Waals surface area contributed by atoms with Crippen LogP contribution in [0.3, 0.4) is 0 Å². The van der Waals surface area contributed by atoms with E-state index in [-0.39, 0.29) is 21.9 Å². The van der Waals surface area contributed by atoms with Gasteiger partial charge in [0.25, 0.3) is 5.91 Å². The molecule has 1 amide bonds. The van der Waals surface area contributed by atoms with E-state index in [0.717, 1.165) is 19.3 Å². The van der Waals surface area contributed by atoms with Crippen LogP contribution in [0.4, 0.5) is 0 Å². The van der Waals surface area contributed by atoms with E-state index in [1.54, 1.807) is 6.07 Å². The lowest BCUT2D eigenvalue weighted by Crippen LogP contribution is -2.47. The summed E-state index contributed by atoms with van der Waals surface area (Å²) in [6.45, 7) is 6.06. The van der Waals surface area contributed by atoms with Gasteiger partial charge in [0.05, 0.1) is 4.90 Å². The summed E-state index contributed by atoms with van der Waals surface area (Å²) < 4.78 is 23.3. The third-order valence-electron chi connectivity index (χ3n) is 3.91. The SMILES string of the molecule is CCC(CC)(CC)NC(=O)c1ccc(Br)c(S(N)(=O)=O)c1. The van der Waals surface area contributed by atoms with Crippen molar-refractivity contribution in [2.45, 2.75) is 50.5 Å². The number of sulfonamides is 1. The summed E-state index contributed by atoms with van der Waals surface area (Å²) in [5, 5.41) is 8.15. The predicted molar refractivity (Wildman–Crippen MR) is 86.6 cm³/mol. The Labute approximate surface area is 134 Å². The Morgan fingerprint density at radius 3 is 2.19 bits per heavy atom. The average Bonchev–Trinajstić information content (AvgIpc) is 2.44. The van der Waals surface area contributed by atoms with Crippen LogP contribution in [0.1, 0.15) is 50.4 Å². The van der Waals surface area contributed by atoms with Crippen LogP contribution in [-0.4, -0.2) is 19.9 Å². The van der Waals surface area contributed by atoms with E-state index in [9.17, 15) is 13.2 Å².